The second kappa shape index (κ2) is 6.86. The van der Waals surface area contributed by atoms with Gasteiger partial charge in [-0.2, -0.15) is 0 Å². The second-order valence-electron chi connectivity index (χ2n) is 6.65. The molecule has 1 fully saturated rings. The van der Waals surface area contributed by atoms with E-state index in [-0.39, 0.29) is 30.3 Å². The summed E-state index contributed by atoms with van der Waals surface area (Å²) in [5.74, 6) is -1.08. The minimum atomic E-state index is -0.980. The third-order valence-electron chi connectivity index (χ3n) is 4.96. The van der Waals surface area contributed by atoms with Gasteiger partial charge in [-0.05, 0) is 31.9 Å². The van der Waals surface area contributed by atoms with Crippen LogP contribution in [0.1, 0.15) is 25.5 Å². The van der Waals surface area contributed by atoms with Crippen LogP contribution in [0.4, 0.5) is 0 Å². The molecular weight excluding hydrogens is 352 g/mol. The van der Waals surface area contributed by atoms with E-state index in [4.69, 9.17) is 13.7 Å². The zero-order valence-electron chi connectivity index (χ0n) is 14.7. The standard InChI is InChI=1S/C19H18N2O6/c1-11(21-17(22)13-5-2-3-6-14(13)18(21)23)19(24)26-10-12-9-16(27-20-12)15-7-4-8-25-15/h2-4,7-9,11,13-14H,5-6,10H2,1H3/t11-,13+,14+/m0/s1. The van der Waals surface area contributed by atoms with Crippen molar-refractivity contribution < 1.29 is 28.1 Å². The van der Waals surface area contributed by atoms with Gasteiger partial charge < -0.3 is 13.7 Å². The molecule has 0 unspecified atom stereocenters. The highest BCUT2D eigenvalue weighted by molar-refractivity contribution is 6.08. The molecule has 2 aromatic rings. The third-order valence-corrected chi connectivity index (χ3v) is 4.96. The number of esters is 1. The summed E-state index contributed by atoms with van der Waals surface area (Å²) in [6, 6.07) is 4.06. The van der Waals surface area contributed by atoms with E-state index < -0.39 is 12.0 Å². The van der Waals surface area contributed by atoms with Crippen LogP contribution in [-0.4, -0.2) is 33.9 Å². The molecule has 0 N–H and O–H groups in total. The number of aromatic nitrogens is 1. The minimum Gasteiger partial charge on any atom is -0.461 e. The molecule has 3 atom stereocenters. The zero-order valence-corrected chi connectivity index (χ0v) is 14.7. The largest absolute Gasteiger partial charge is 0.461 e. The van der Waals surface area contributed by atoms with Gasteiger partial charge in [0.25, 0.3) is 0 Å². The van der Waals surface area contributed by atoms with Crippen molar-refractivity contribution in [2.75, 3.05) is 0 Å². The fourth-order valence-electron chi connectivity index (χ4n) is 3.49. The lowest BCUT2D eigenvalue weighted by atomic mass is 9.85. The van der Waals surface area contributed by atoms with Gasteiger partial charge in [-0.3, -0.25) is 14.5 Å². The summed E-state index contributed by atoms with van der Waals surface area (Å²) in [4.78, 5) is 38.5. The molecule has 0 radical (unpaired) electrons. The highest BCUT2D eigenvalue weighted by Crippen LogP contribution is 2.36. The SMILES string of the molecule is C[C@@H](C(=O)OCc1cc(-c2ccco2)on1)N1C(=O)[C@@H]2CC=CC[C@H]2C1=O. The number of ether oxygens (including phenoxy) is 1. The average molecular weight is 370 g/mol. The molecule has 8 nitrogen and oxygen atoms in total. The summed E-state index contributed by atoms with van der Waals surface area (Å²) in [6.45, 7) is 1.37. The van der Waals surface area contributed by atoms with E-state index in [1.807, 2.05) is 12.2 Å². The van der Waals surface area contributed by atoms with Crippen molar-refractivity contribution in [2.45, 2.75) is 32.4 Å². The van der Waals surface area contributed by atoms with Crippen molar-refractivity contribution in [1.29, 1.82) is 0 Å². The number of imide groups is 1. The van der Waals surface area contributed by atoms with Crippen LogP contribution in [0.3, 0.4) is 0 Å². The Labute approximate surface area is 154 Å². The first-order valence-corrected chi connectivity index (χ1v) is 8.74. The molecule has 0 spiro atoms. The van der Waals surface area contributed by atoms with Gasteiger partial charge in [0.15, 0.2) is 5.76 Å². The number of fused-ring (bicyclic) bond motifs is 1. The number of hydrogen-bond acceptors (Lipinski definition) is 7. The van der Waals surface area contributed by atoms with Crippen molar-refractivity contribution in [3.05, 3.63) is 42.3 Å². The van der Waals surface area contributed by atoms with Crippen LogP contribution in [0.5, 0.6) is 0 Å². The van der Waals surface area contributed by atoms with E-state index in [2.05, 4.69) is 5.16 Å². The molecule has 2 amide bonds. The number of allylic oxidation sites excluding steroid dienone is 2. The van der Waals surface area contributed by atoms with Gasteiger partial charge in [-0.15, -0.1) is 0 Å². The molecule has 0 saturated carbocycles. The monoisotopic (exact) mass is 370 g/mol. The molecule has 0 aromatic carbocycles. The third kappa shape index (κ3) is 3.07. The maximum atomic E-state index is 12.5. The van der Waals surface area contributed by atoms with Crippen LogP contribution in [0.15, 0.2) is 45.6 Å². The van der Waals surface area contributed by atoms with E-state index >= 15 is 0 Å². The summed E-state index contributed by atoms with van der Waals surface area (Å²) < 4.78 is 15.6. The lowest BCUT2D eigenvalue weighted by Crippen LogP contribution is -2.44. The van der Waals surface area contributed by atoms with Gasteiger partial charge in [-0.1, -0.05) is 17.3 Å². The number of carbonyl (C=O) groups excluding carboxylic acids is 3. The van der Waals surface area contributed by atoms with Crippen molar-refractivity contribution in [3.8, 4) is 11.5 Å². The topological polar surface area (TPSA) is 103 Å². The van der Waals surface area contributed by atoms with Crippen LogP contribution in [0.25, 0.3) is 11.5 Å². The predicted octanol–water partition coefficient (Wildman–Crippen LogP) is 2.32. The van der Waals surface area contributed by atoms with Crippen LogP contribution < -0.4 is 0 Å². The van der Waals surface area contributed by atoms with E-state index in [9.17, 15) is 14.4 Å². The highest BCUT2D eigenvalue weighted by Gasteiger charge is 2.50. The summed E-state index contributed by atoms with van der Waals surface area (Å²) in [6.07, 6.45) is 6.38. The lowest BCUT2D eigenvalue weighted by Gasteiger charge is -2.21. The maximum absolute atomic E-state index is 12.5. The zero-order chi connectivity index (χ0) is 19.0. The van der Waals surface area contributed by atoms with Gasteiger partial charge >= 0.3 is 5.97 Å². The van der Waals surface area contributed by atoms with E-state index in [0.29, 0.717) is 30.1 Å². The fourth-order valence-corrected chi connectivity index (χ4v) is 3.49. The maximum Gasteiger partial charge on any atom is 0.329 e. The Kier molecular flexibility index (Phi) is 4.39. The number of likely N-dealkylation sites (tertiary alicyclic amines) is 1. The van der Waals surface area contributed by atoms with Gasteiger partial charge in [0.1, 0.15) is 18.3 Å². The molecule has 4 rings (SSSR count). The fraction of sp³-hybridized carbons (Fsp3) is 0.368. The smallest absolute Gasteiger partial charge is 0.329 e. The van der Waals surface area contributed by atoms with Gasteiger partial charge in [0, 0.05) is 6.07 Å². The summed E-state index contributed by atoms with van der Waals surface area (Å²) in [7, 11) is 0. The second-order valence-corrected chi connectivity index (χ2v) is 6.65. The number of hydrogen-bond donors (Lipinski definition) is 0. The number of nitrogens with zero attached hydrogens (tertiary/aromatic N) is 2. The number of furan rings is 1. The first kappa shape index (κ1) is 17.3. The van der Waals surface area contributed by atoms with Crippen molar-refractivity contribution in [3.63, 3.8) is 0 Å². The summed E-state index contributed by atoms with van der Waals surface area (Å²) in [5.41, 5.74) is 0.402. The molecule has 140 valence electrons. The first-order chi connectivity index (χ1) is 13.1. The quantitative estimate of drug-likeness (QED) is 0.452. The molecule has 0 bridgehead atoms. The molecule has 1 aliphatic carbocycles. The van der Waals surface area contributed by atoms with Gasteiger partial charge in [0.2, 0.25) is 17.6 Å². The molecule has 2 aromatic heterocycles. The van der Waals surface area contributed by atoms with Crippen LogP contribution >= 0.6 is 0 Å². The Morgan fingerprint density at radius 1 is 1.26 bits per heavy atom. The van der Waals surface area contributed by atoms with E-state index in [1.165, 1.54) is 13.2 Å². The Morgan fingerprint density at radius 3 is 2.59 bits per heavy atom. The molecule has 3 heterocycles. The van der Waals surface area contributed by atoms with E-state index in [1.54, 1.807) is 18.2 Å². The predicted molar refractivity (Wildman–Crippen MR) is 90.7 cm³/mol. The Morgan fingerprint density at radius 2 is 1.96 bits per heavy atom. The average Bonchev–Trinajstić information content (AvgIpc) is 3.41. The number of rotatable bonds is 5. The van der Waals surface area contributed by atoms with Gasteiger partial charge in [0.05, 0.1) is 18.1 Å². The molecule has 2 aliphatic rings. The summed E-state index contributed by atoms with van der Waals surface area (Å²) >= 11 is 0. The molecule has 1 aliphatic heterocycles. The number of amides is 2. The minimum absolute atomic E-state index is 0.127. The Balaban J connectivity index is 1.38. The van der Waals surface area contributed by atoms with Crippen molar-refractivity contribution >= 4 is 17.8 Å². The Hall–Kier alpha value is -3.16. The van der Waals surface area contributed by atoms with Crippen LogP contribution in [0, 0.1) is 11.8 Å². The molecular formula is C19H18N2O6. The molecule has 1 saturated heterocycles. The van der Waals surface area contributed by atoms with E-state index in [0.717, 1.165) is 4.90 Å². The highest BCUT2D eigenvalue weighted by atomic mass is 16.5. The van der Waals surface area contributed by atoms with Crippen molar-refractivity contribution in [1.82, 2.24) is 10.1 Å². The molecule has 27 heavy (non-hydrogen) atoms. The normalized spacial score (nSPS) is 22.8. The Bertz CT molecular complexity index is 871. The van der Waals surface area contributed by atoms with Gasteiger partial charge in [-0.25, -0.2) is 4.79 Å². The van der Waals surface area contributed by atoms with Crippen LogP contribution in [-0.2, 0) is 25.7 Å². The molecule has 8 heteroatoms. The number of carbonyl (C=O) groups is 3. The first-order valence-electron chi connectivity index (χ1n) is 8.74. The van der Waals surface area contributed by atoms with Crippen molar-refractivity contribution in [2.24, 2.45) is 11.8 Å². The summed E-state index contributed by atoms with van der Waals surface area (Å²) in [5, 5.41) is 3.82. The lowest BCUT2D eigenvalue weighted by molar-refractivity contribution is -0.159. The van der Waals surface area contributed by atoms with Crippen LogP contribution in [0.2, 0.25) is 0 Å².